The molecule has 172 valence electrons. The highest BCUT2D eigenvalue weighted by Crippen LogP contribution is 2.40. The van der Waals surface area contributed by atoms with Crippen molar-refractivity contribution < 1.29 is 28.5 Å². The minimum Gasteiger partial charge on any atom is -0.489 e. The maximum absolute atomic E-state index is 12.2. The van der Waals surface area contributed by atoms with E-state index in [9.17, 15) is 9.90 Å². The van der Waals surface area contributed by atoms with E-state index in [1.54, 1.807) is 12.5 Å². The van der Waals surface area contributed by atoms with Gasteiger partial charge in [-0.1, -0.05) is 24.3 Å². The summed E-state index contributed by atoms with van der Waals surface area (Å²) >= 11 is 0. The summed E-state index contributed by atoms with van der Waals surface area (Å²) < 4.78 is 22.2. The summed E-state index contributed by atoms with van der Waals surface area (Å²) in [7, 11) is 0. The number of aliphatic hydroxyl groups is 1. The lowest BCUT2D eigenvalue weighted by molar-refractivity contribution is -0.0679. The molecule has 3 heterocycles. The van der Waals surface area contributed by atoms with E-state index < -0.39 is 5.60 Å². The molecule has 1 N–H and O–H groups in total. The summed E-state index contributed by atoms with van der Waals surface area (Å²) in [6, 6.07) is 17.6. The second kappa shape index (κ2) is 8.31. The van der Waals surface area contributed by atoms with E-state index in [2.05, 4.69) is 0 Å². The van der Waals surface area contributed by atoms with Crippen molar-refractivity contribution in [3.63, 3.8) is 0 Å². The topological polar surface area (TPSA) is 78.1 Å². The average molecular weight is 456 g/mol. The van der Waals surface area contributed by atoms with Crippen LogP contribution in [-0.4, -0.2) is 24.3 Å². The van der Waals surface area contributed by atoms with Crippen molar-refractivity contribution in [3.8, 4) is 16.9 Å². The lowest BCUT2D eigenvalue weighted by Gasteiger charge is -2.32. The van der Waals surface area contributed by atoms with Crippen molar-refractivity contribution in [3.05, 3.63) is 89.4 Å². The van der Waals surface area contributed by atoms with E-state index >= 15 is 0 Å². The molecule has 4 aromatic rings. The molecule has 1 fully saturated rings. The quantitative estimate of drug-likeness (QED) is 0.408. The molecule has 1 aromatic heterocycles. The Morgan fingerprint density at radius 3 is 2.74 bits per heavy atom. The van der Waals surface area contributed by atoms with Crippen LogP contribution in [0.5, 0.6) is 5.75 Å². The van der Waals surface area contributed by atoms with Gasteiger partial charge >= 0.3 is 5.97 Å². The fourth-order valence-corrected chi connectivity index (χ4v) is 4.91. The lowest BCUT2D eigenvalue weighted by Crippen LogP contribution is -2.33. The molecule has 0 radical (unpaired) electrons. The van der Waals surface area contributed by atoms with Crippen LogP contribution in [0.25, 0.3) is 21.9 Å². The van der Waals surface area contributed by atoms with Gasteiger partial charge in [0.05, 0.1) is 23.7 Å². The van der Waals surface area contributed by atoms with Gasteiger partial charge in [0.1, 0.15) is 19.0 Å². The number of carbonyl (C=O) groups excluding carboxylic acids is 1. The summed E-state index contributed by atoms with van der Waals surface area (Å²) in [5, 5.41) is 12.9. The van der Waals surface area contributed by atoms with Gasteiger partial charge in [-0.25, -0.2) is 4.79 Å². The highest BCUT2D eigenvalue weighted by atomic mass is 16.5. The minimum atomic E-state index is -0.851. The molecule has 6 heteroatoms. The molecule has 0 unspecified atom stereocenters. The monoisotopic (exact) mass is 456 g/mol. The van der Waals surface area contributed by atoms with Crippen molar-refractivity contribution in [1.82, 2.24) is 0 Å². The largest absolute Gasteiger partial charge is 0.489 e. The molecule has 0 atom stereocenters. The highest BCUT2D eigenvalue weighted by molar-refractivity contribution is 6.07. The van der Waals surface area contributed by atoms with Gasteiger partial charge in [-0.05, 0) is 52.2 Å². The molecule has 34 heavy (non-hydrogen) atoms. The Morgan fingerprint density at radius 2 is 1.91 bits per heavy atom. The van der Waals surface area contributed by atoms with Crippen LogP contribution in [0.2, 0.25) is 0 Å². The second-order valence-corrected chi connectivity index (χ2v) is 8.88. The highest BCUT2D eigenvalue weighted by Gasteiger charge is 2.32. The van der Waals surface area contributed by atoms with Crippen molar-refractivity contribution in [1.29, 1.82) is 0 Å². The van der Waals surface area contributed by atoms with E-state index in [1.807, 2.05) is 54.6 Å². The fraction of sp³-hybridized carbons (Fsp3) is 0.250. The number of benzene rings is 3. The second-order valence-electron chi connectivity index (χ2n) is 8.88. The number of ether oxygens (including phenoxy) is 3. The number of hydrogen-bond donors (Lipinski definition) is 1. The third-order valence-electron chi connectivity index (χ3n) is 6.79. The number of furan rings is 1. The zero-order valence-electron chi connectivity index (χ0n) is 18.6. The smallest absolute Gasteiger partial charge is 0.338 e. The Labute approximate surface area is 196 Å². The van der Waals surface area contributed by atoms with Gasteiger partial charge < -0.3 is 23.7 Å². The van der Waals surface area contributed by atoms with Gasteiger partial charge in [0.25, 0.3) is 0 Å². The van der Waals surface area contributed by atoms with Crippen LogP contribution in [0, 0.1) is 0 Å². The Hall–Kier alpha value is -3.61. The predicted octanol–water partition coefficient (Wildman–Crippen LogP) is 5.35. The molecule has 2 aliphatic heterocycles. The zero-order valence-corrected chi connectivity index (χ0v) is 18.6. The number of esters is 1. The van der Waals surface area contributed by atoms with Gasteiger partial charge in [0, 0.05) is 42.7 Å². The van der Waals surface area contributed by atoms with Gasteiger partial charge in [0.2, 0.25) is 0 Å². The van der Waals surface area contributed by atoms with Gasteiger partial charge in [-0.3, -0.25) is 0 Å². The van der Waals surface area contributed by atoms with Crippen LogP contribution in [0.1, 0.15) is 39.9 Å². The van der Waals surface area contributed by atoms with E-state index in [1.165, 1.54) is 0 Å². The Balaban J connectivity index is 1.32. The molecule has 3 aromatic carbocycles. The summed E-state index contributed by atoms with van der Waals surface area (Å²) in [6.45, 7) is 1.75. The van der Waals surface area contributed by atoms with Gasteiger partial charge in [-0.15, -0.1) is 0 Å². The molecule has 2 aliphatic rings. The van der Waals surface area contributed by atoms with E-state index in [0.29, 0.717) is 38.2 Å². The molecule has 0 aliphatic carbocycles. The summed E-state index contributed by atoms with van der Waals surface area (Å²) in [5.41, 5.74) is 4.33. The molecular formula is C28H24O6. The zero-order chi connectivity index (χ0) is 23.1. The summed E-state index contributed by atoms with van der Waals surface area (Å²) in [5.74, 6) is 0.422. The molecule has 1 saturated heterocycles. The third kappa shape index (κ3) is 3.65. The molecule has 6 nitrogen and oxygen atoms in total. The minimum absolute atomic E-state index is 0.246. The maximum atomic E-state index is 12.2. The molecule has 0 bridgehead atoms. The Kier molecular flexibility index (Phi) is 5.12. The SMILES string of the molecule is O=C1OCc2c1cc1ccc(OCc3cccc(C4(O)CCOCC4)c3)cc1c2-c1ccoc1. The van der Waals surface area contributed by atoms with Crippen LogP contribution >= 0.6 is 0 Å². The first kappa shape index (κ1) is 21.0. The Bertz CT molecular complexity index is 1370. The van der Waals surface area contributed by atoms with E-state index in [-0.39, 0.29) is 12.6 Å². The number of hydrogen-bond acceptors (Lipinski definition) is 6. The number of cyclic esters (lactones) is 1. The van der Waals surface area contributed by atoms with Crippen molar-refractivity contribution in [2.75, 3.05) is 13.2 Å². The fourth-order valence-electron chi connectivity index (χ4n) is 4.91. The van der Waals surface area contributed by atoms with Crippen LogP contribution < -0.4 is 4.74 Å². The first-order chi connectivity index (χ1) is 16.6. The van der Waals surface area contributed by atoms with Crippen molar-refractivity contribution in [2.45, 2.75) is 31.7 Å². The van der Waals surface area contributed by atoms with Crippen molar-refractivity contribution >= 4 is 16.7 Å². The Morgan fingerprint density at radius 1 is 1.03 bits per heavy atom. The lowest BCUT2D eigenvalue weighted by atomic mass is 9.86. The van der Waals surface area contributed by atoms with Gasteiger partial charge in [-0.2, -0.15) is 0 Å². The summed E-state index contributed by atoms with van der Waals surface area (Å²) in [4.78, 5) is 12.2. The number of fused-ring (bicyclic) bond motifs is 2. The molecular weight excluding hydrogens is 432 g/mol. The number of carbonyl (C=O) groups is 1. The average Bonchev–Trinajstić information content (AvgIpc) is 3.52. The number of rotatable bonds is 5. The van der Waals surface area contributed by atoms with Gasteiger partial charge in [0.15, 0.2) is 0 Å². The van der Waals surface area contributed by atoms with Crippen LogP contribution in [-0.2, 0) is 28.3 Å². The molecule has 0 saturated carbocycles. The molecule has 6 rings (SSSR count). The standard InChI is InChI=1S/C28H24O6/c29-27-24-13-19-4-5-22(14-23(19)26(25(24)17-34-27)20-6-9-32-16-20)33-15-18-2-1-3-21(12-18)28(30)7-10-31-11-8-28/h1-6,9,12-14,16,30H,7-8,10-11,15,17H2. The van der Waals surface area contributed by atoms with E-state index in [4.69, 9.17) is 18.6 Å². The molecule has 0 amide bonds. The van der Waals surface area contributed by atoms with Crippen molar-refractivity contribution in [2.24, 2.45) is 0 Å². The predicted molar refractivity (Wildman–Crippen MR) is 125 cm³/mol. The van der Waals surface area contributed by atoms with Crippen LogP contribution in [0.15, 0.2) is 71.5 Å². The molecule has 0 spiro atoms. The normalized spacial score (nSPS) is 16.9. The van der Waals surface area contributed by atoms with Crippen LogP contribution in [0.3, 0.4) is 0 Å². The van der Waals surface area contributed by atoms with Crippen LogP contribution in [0.4, 0.5) is 0 Å². The first-order valence-electron chi connectivity index (χ1n) is 11.4. The third-order valence-corrected chi connectivity index (χ3v) is 6.79. The summed E-state index contributed by atoms with van der Waals surface area (Å²) in [6.07, 6.45) is 4.49. The maximum Gasteiger partial charge on any atom is 0.338 e. The first-order valence-corrected chi connectivity index (χ1v) is 11.4. The van der Waals surface area contributed by atoms with E-state index in [0.717, 1.165) is 44.3 Å².